The Balaban J connectivity index is 1.91. The van der Waals surface area contributed by atoms with E-state index in [0.717, 1.165) is 18.6 Å². The number of nitrogens with two attached hydrogens (primary N) is 1. The van der Waals surface area contributed by atoms with Crippen molar-refractivity contribution in [3.8, 4) is 0 Å². The monoisotopic (exact) mass is 357 g/mol. The third-order valence-corrected chi connectivity index (χ3v) is 5.71. The van der Waals surface area contributed by atoms with Gasteiger partial charge >= 0.3 is 0 Å². The lowest BCUT2D eigenvalue weighted by atomic mass is 10.0. The SMILES string of the molecule is CCCC(N)C(=O)N1CCC(NS(=O)(=O)c2ccc(F)cc2)CC1. The number of nitrogens with zero attached hydrogens (tertiary/aromatic N) is 1. The summed E-state index contributed by atoms with van der Waals surface area (Å²) in [4.78, 5) is 13.9. The molecule has 1 unspecified atom stereocenters. The summed E-state index contributed by atoms with van der Waals surface area (Å²) in [6, 6.07) is 3.98. The van der Waals surface area contributed by atoms with Crippen molar-refractivity contribution in [3.63, 3.8) is 0 Å². The molecule has 1 heterocycles. The van der Waals surface area contributed by atoms with Crippen LogP contribution in [0.4, 0.5) is 4.39 Å². The van der Waals surface area contributed by atoms with E-state index in [1.165, 1.54) is 12.1 Å². The molecular weight excluding hydrogens is 333 g/mol. The standard InChI is InChI=1S/C16H24FN3O3S/c1-2-3-15(18)16(21)20-10-8-13(9-11-20)19-24(22,23)14-6-4-12(17)5-7-14/h4-7,13,15,19H,2-3,8-11,18H2,1H3. The minimum absolute atomic E-state index is 0.0346. The molecule has 134 valence electrons. The van der Waals surface area contributed by atoms with E-state index in [1.54, 1.807) is 4.90 Å². The van der Waals surface area contributed by atoms with E-state index in [1.807, 2.05) is 6.92 Å². The summed E-state index contributed by atoms with van der Waals surface area (Å²) in [6.07, 6.45) is 2.56. The molecule has 0 radical (unpaired) electrons. The molecule has 0 saturated carbocycles. The molecule has 1 saturated heterocycles. The van der Waals surface area contributed by atoms with E-state index >= 15 is 0 Å². The summed E-state index contributed by atoms with van der Waals surface area (Å²) >= 11 is 0. The molecule has 2 rings (SSSR count). The molecule has 0 aromatic heterocycles. The number of likely N-dealkylation sites (tertiary alicyclic amines) is 1. The number of amides is 1. The van der Waals surface area contributed by atoms with Gasteiger partial charge in [-0.2, -0.15) is 0 Å². The number of piperidine rings is 1. The summed E-state index contributed by atoms with van der Waals surface area (Å²) in [7, 11) is -3.68. The van der Waals surface area contributed by atoms with Crippen LogP contribution in [0.5, 0.6) is 0 Å². The Morgan fingerprint density at radius 1 is 1.33 bits per heavy atom. The van der Waals surface area contributed by atoms with Crippen molar-refractivity contribution in [2.45, 2.75) is 49.6 Å². The maximum absolute atomic E-state index is 12.9. The zero-order valence-corrected chi connectivity index (χ0v) is 14.6. The average molecular weight is 357 g/mol. The van der Waals surface area contributed by atoms with Gasteiger partial charge in [0.1, 0.15) is 5.82 Å². The number of sulfonamides is 1. The minimum atomic E-state index is -3.68. The smallest absolute Gasteiger partial charge is 0.240 e. The van der Waals surface area contributed by atoms with Gasteiger partial charge in [0.05, 0.1) is 10.9 Å². The molecule has 1 amide bonds. The second kappa shape index (κ2) is 8.04. The number of rotatable bonds is 6. The predicted octanol–water partition coefficient (Wildman–Crippen LogP) is 1.22. The Kier molecular flexibility index (Phi) is 6.31. The molecule has 1 aliphatic rings. The van der Waals surface area contributed by atoms with E-state index < -0.39 is 21.9 Å². The molecule has 0 bridgehead atoms. The van der Waals surface area contributed by atoms with Gasteiger partial charge in [-0.1, -0.05) is 13.3 Å². The molecular formula is C16H24FN3O3S. The number of halogens is 1. The first-order chi connectivity index (χ1) is 11.3. The van der Waals surface area contributed by atoms with Crippen LogP contribution in [0.15, 0.2) is 29.2 Å². The Hall–Kier alpha value is -1.51. The van der Waals surface area contributed by atoms with E-state index in [4.69, 9.17) is 5.73 Å². The number of nitrogens with one attached hydrogen (secondary N) is 1. The molecule has 3 N–H and O–H groups in total. The van der Waals surface area contributed by atoms with Crippen LogP contribution in [-0.4, -0.2) is 44.4 Å². The van der Waals surface area contributed by atoms with E-state index in [-0.39, 0.29) is 16.8 Å². The molecule has 24 heavy (non-hydrogen) atoms. The summed E-state index contributed by atoms with van der Waals surface area (Å²) < 4.78 is 40.1. The van der Waals surface area contributed by atoms with Crippen LogP contribution in [-0.2, 0) is 14.8 Å². The van der Waals surface area contributed by atoms with Gasteiger partial charge in [0.2, 0.25) is 15.9 Å². The Labute approximate surface area is 142 Å². The molecule has 1 fully saturated rings. The number of benzene rings is 1. The van der Waals surface area contributed by atoms with Crippen molar-refractivity contribution in [1.82, 2.24) is 9.62 Å². The van der Waals surface area contributed by atoms with Crippen LogP contribution < -0.4 is 10.5 Å². The van der Waals surface area contributed by atoms with E-state index in [2.05, 4.69) is 4.72 Å². The zero-order valence-electron chi connectivity index (χ0n) is 13.7. The summed E-state index contributed by atoms with van der Waals surface area (Å²) in [6.45, 7) is 2.93. The third kappa shape index (κ3) is 4.75. The molecule has 8 heteroatoms. The highest BCUT2D eigenvalue weighted by Gasteiger charge is 2.28. The lowest BCUT2D eigenvalue weighted by Gasteiger charge is -2.33. The topological polar surface area (TPSA) is 92.5 Å². The number of carbonyl (C=O) groups excluding carboxylic acids is 1. The first kappa shape index (κ1) is 18.8. The quantitative estimate of drug-likeness (QED) is 0.801. The van der Waals surface area contributed by atoms with Gasteiger partial charge in [-0.25, -0.2) is 17.5 Å². The normalized spacial score (nSPS) is 17.7. The van der Waals surface area contributed by atoms with Crippen molar-refractivity contribution in [3.05, 3.63) is 30.1 Å². The van der Waals surface area contributed by atoms with Gasteiger partial charge < -0.3 is 10.6 Å². The first-order valence-electron chi connectivity index (χ1n) is 8.15. The Morgan fingerprint density at radius 3 is 2.46 bits per heavy atom. The van der Waals surface area contributed by atoms with Crippen LogP contribution >= 0.6 is 0 Å². The molecule has 1 aromatic carbocycles. The highest BCUT2D eigenvalue weighted by atomic mass is 32.2. The van der Waals surface area contributed by atoms with Crippen molar-refractivity contribution >= 4 is 15.9 Å². The first-order valence-corrected chi connectivity index (χ1v) is 9.64. The number of carbonyl (C=O) groups is 1. The number of hydrogen-bond donors (Lipinski definition) is 2. The van der Waals surface area contributed by atoms with Crippen LogP contribution in [0.3, 0.4) is 0 Å². The Morgan fingerprint density at radius 2 is 1.92 bits per heavy atom. The molecule has 1 atom stereocenters. The maximum Gasteiger partial charge on any atom is 0.240 e. The zero-order chi connectivity index (χ0) is 17.7. The molecule has 6 nitrogen and oxygen atoms in total. The van der Waals surface area contributed by atoms with Crippen LogP contribution in [0.25, 0.3) is 0 Å². The van der Waals surface area contributed by atoms with Gasteiger partial charge in [-0.15, -0.1) is 0 Å². The summed E-state index contributed by atoms with van der Waals surface area (Å²) in [5.41, 5.74) is 5.85. The highest BCUT2D eigenvalue weighted by molar-refractivity contribution is 7.89. The van der Waals surface area contributed by atoms with Gasteiger partial charge in [0.15, 0.2) is 0 Å². The number of hydrogen-bond acceptors (Lipinski definition) is 4. The Bertz CT molecular complexity index is 656. The summed E-state index contributed by atoms with van der Waals surface area (Å²) in [5, 5.41) is 0. The molecule has 0 aliphatic carbocycles. The van der Waals surface area contributed by atoms with Crippen LogP contribution in [0.2, 0.25) is 0 Å². The molecule has 1 aliphatic heterocycles. The highest BCUT2D eigenvalue weighted by Crippen LogP contribution is 2.16. The predicted molar refractivity (Wildman–Crippen MR) is 89.2 cm³/mol. The second-order valence-corrected chi connectivity index (χ2v) is 7.78. The van der Waals surface area contributed by atoms with Gasteiger partial charge in [-0.3, -0.25) is 4.79 Å². The van der Waals surface area contributed by atoms with Crippen molar-refractivity contribution in [2.75, 3.05) is 13.1 Å². The molecule has 1 aromatic rings. The van der Waals surface area contributed by atoms with Crippen molar-refractivity contribution in [2.24, 2.45) is 5.73 Å². The lowest BCUT2D eigenvalue weighted by molar-refractivity contribution is -0.133. The van der Waals surface area contributed by atoms with Crippen LogP contribution in [0.1, 0.15) is 32.6 Å². The largest absolute Gasteiger partial charge is 0.341 e. The summed E-state index contributed by atoms with van der Waals surface area (Å²) in [5.74, 6) is -0.555. The van der Waals surface area contributed by atoms with Crippen LogP contribution in [0, 0.1) is 5.82 Å². The van der Waals surface area contributed by atoms with Gasteiger partial charge in [0.25, 0.3) is 0 Å². The lowest BCUT2D eigenvalue weighted by Crippen LogP contribution is -2.50. The van der Waals surface area contributed by atoms with E-state index in [9.17, 15) is 17.6 Å². The fourth-order valence-corrected chi connectivity index (χ4v) is 4.09. The third-order valence-electron chi connectivity index (χ3n) is 4.17. The van der Waals surface area contributed by atoms with Crippen molar-refractivity contribution < 1.29 is 17.6 Å². The second-order valence-electron chi connectivity index (χ2n) is 6.07. The average Bonchev–Trinajstić information content (AvgIpc) is 2.55. The fourth-order valence-electron chi connectivity index (χ4n) is 2.79. The fraction of sp³-hybridized carbons (Fsp3) is 0.562. The van der Waals surface area contributed by atoms with Gasteiger partial charge in [0, 0.05) is 19.1 Å². The van der Waals surface area contributed by atoms with Crippen molar-refractivity contribution in [1.29, 1.82) is 0 Å². The molecule has 0 spiro atoms. The minimum Gasteiger partial charge on any atom is -0.341 e. The van der Waals surface area contributed by atoms with Gasteiger partial charge in [-0.05, 0) is 43.5 Å². The maximum atomic E-state index is 12.9. The van der Waals surface area contributed by atoms with E-state index in [0.29, 0.717) is 32.4 Å².